The number of benzene rings is 2. The van der Waals surface area contributed by atoms with Crippen LogP contribution < -0.4 is 11.1 Å². The molecule has 0 aliphatic rings. The van der Waals surface area contributed by atoms with Gasteiger partial charge in [-0.1, -0.05) is 39.7 Å². The summed E-state index contributed by atoms with van der Waals surface area (Å²) in [5.74, 6) is -0.136. The molecule has 0 fully saturated rings. The first kappa shape index (κ1) is 14.9. The van der Waals surface area contributed by atoms with Crippen LogP contribution in [0.15, 0.2) is 46.9 Å². The summed E-state index contributed by atoms with van der Waals surface area (Å²) < 4.78 is 0.786. The Labute approximate surface area is 131 Å². The first-order valence-electron chi connectivity index (χ1n) is 6.13. The molecule has 0 aliphatic carbocycles. The van der Waals surface area contributed by atoms with Gasteiger partial charge in [-0.2, -0.15) is 0 Å². The van der Waals surface area contributed by atoms with Crippen molar-refractivity contribution in [3.8, 4) is 0 Å². The van der Waals surface area contributed by atoms with Gasteiger partial charge in [-0.25, -0.2) is 0 Å². The number of hydrogen-bond donors (Lipinski definition) is 2. The molecule has 5 heteroatoms. The van der Waals surface area contributed by atoms with Gasteiger partial charge in [-0.05, 0) is 42.3 Å². The number of nitrogens with one attached hydrogen (secondary N) is 1. The van der Waals surface area contributed by atoms with Gasteiger partial charge in [-0.15, -0.1) is 0 Å². The van der Waals surface area contributed by atoms with Crippen LogP contribution in [0.3, 0.4) is 0 Å². The molecule has 0 radical (unpaired) electrons. The molecular formula is C15H14BrClN2O. The van der Waals surface area contributed by atoms with Crippen LogP contribution in [-0.2, 0) is 6.42 Å². The van der Waals surface area contributed by atoms with E-state index in [4.69, 9.17) is 17.3 Å². The van der Waals surface area contributed by atoms with Crippen molar-refractivity contribution in [1.29, 1.82) is 0 Å². The summed E-state index contributed by atoms with van der Waals surface area (Å²) in [7, 11) is 0. The normalized spacial score (nSPS) is 10.3. The van der Waals surface area contributed by atoms with Gasteiger partial charge in [0.05, 0.1) is 0 Å². The van der Waals surface area contributed by atoms with Crippen LogP contribution in [0.4, 0.5) is 5.69 Å². The SMILES string of the molecule is Nc1ccc(CCNC(=O)c2cc(Cl)cc(Br)c2)cc1. The van der Waals surface area contributed by atoms with Crippen molar-refractivity contribution in [2.45, 2.75) is 6.42 Å². The molecule has 0 unspecified atom stereocenters. The molecule has 2 aromatic carbocycles. The Balaban J connectivity index is 1.90. The summed E-state index contributed by atoms with van der Waals surface area (Å²) in [6.45, 7) is 0.562. The first-order valence-corrected chi connectivity index (χ1v) is 7.30. The highest BCUT2D eigenvalue weighted by Crippen LogP contribution is 2.19. The van der Waals surface area contributed by atoms with Crippen LogP contribution in [0.5, 0.6) is 0 Å². The second kappa shape index (κ2) is 6.77. The molecule has 0 atom stereocenters. The zero-order valence-corrected chi connectivity index (χ0v) is 13.0. The number of halogens is 2. The van der Waals surface area contributed by atoms with E-state index in [0.717, 1.165) is 22.1 Å². The molecule has 3 N–H and O–H groups in total. The molecule has 2 rings (SSSR count). The van der Waals surface area contributed by atoms with Gasteiger partial charge >= 0.3 is 0 Å². The zero-order valence-electron chi connectivity index (χ0n) is 10.7. The van der Waals surface area contributed by atoms with Crippen LogP contribution in [0.2, 0.25) is 5.02 Å². The van der Waals surface area contributed by atoms with Crippen LogP contribution >= 0.6 is 27.5 Å². The van der Waals surface area contributed by atoms with Gasteiger partial charge < -0.3 is 11.1 Å². The molecule has 3 nitrogen and oxygen atoms in total. The molecule has 0 bridgehead atoms. The van der Waals surface area contributed by atoms with E-state index in [2.05, 4.69) is 21.2 Å². The smallest absolute Gasteiger partial charge is 0.251 e. The maximum absolute atomic E-state index is 12.0. The average Bonchev–Trinajstić information content (AvgIpc) is 2.40. The molecular weight excluding hydrogens is 340 g/mol. The van der Waals surface area contributed by atoms with Gasteiger partial charge in [0, 0.05) is 27.3 Å². The van der Waals surface area contributed by atoms with Crippen molar-refractivity contribution < 1.29 is 4.79 Å². The number of hydrogen-bond acceptors (Lipinski definition) is 2. The topological polar surface area (TPSA) is 55.1 Å². The number of carbonyl (C=O) groups is 1. The van der Waals surface area contributed by atoms with E-state index >= 15 is 0 Å². The molecule has 0 spiro atoms. The number of nitrogen functional groups attached to an aromatic ring is 1. The van der Waals surface area contributed by atoms with E-state index in [1.54, 1.807) is 18.2 Å². The third-order valence-electron chi connectivity index (χ3n) is 2.80. The minimum atomic E-state index is -0.136. The Morgan fingerprint density at radius 3 is 2.55 bits per heavy atom. The molecule has 104 valence electrons. The Kier molecular flexibility index (Phi) is 5.04. The van der Waals surface area contributed by atoms with E-state index in [1.165, 1.54) is 0 Å². The molecule has 0 saturated carbocycles. The van der Waals surface area contributed by atoms with Gasteiger partial charge in [0.25, 0.3) is 5.91 Å². The second-order valence-electron chi connectivity index (χ2n) is 4.41. The Bertz CT molecular complexity index is 594. The fourth-order valence-corrected chi connectivity index (χ4v) is 2.65. The fraction of sp³-hybridized carbons (Fsp3) is 0.133. The molecule has 0 aliphatic heterocycles. The summed E-state index contributed by atoms with van der Waals surface area (Å²) in [4.78, 5) is 12.0. The van der Waals surface area contributed by atoms with Crippen LogP contribution in [-0.4, -0.2) is 12.5 Å². The van der Waals surface area contributed by atoms with Gasteiger partial charge in [0.1, 0.15) is 0 Å². The van der Waals surface area contributed by atoms with Crippen molar-refractivity contribution in [1.82, 2.24) is 5.32 Å². The number of amides is 1. The minimum Gasteiger partial charge on any atom is -0.399 e. The van der Waals surface area contributed by atoms with Crippen LogP contribution in [0, 0.1) is 0 Å². The highest BCUT2D eigenvalue weighted by atomic mass is 79.9. The predicted molar refractivity (Wildman–Crippen MR) is 86.0 cm³/mol. The van der Waals surface area contributed by atoms with Crippen LogP contribution in [0.1, 0.15) is 15.9 Å². The lowest BCUT2D eigenvalue weighted by molar-refractivity contribution is 0.0954. The van der Waals surface area contributed by atoms with E-state index < -0.39 is 0 Å². The van der Waals surface area contributed by atoms with Crippen molar-refractivity contribution >= 4 is 39.1 Å². The monoisotopic (exact) mass is 352 g/mol. The van der Waals surface area contributed by atoms with E-state index in [-0.39, 0.29) is 5.91 Å². The Morgan fingerprint density at radius 1 is 1.20 bits per heavy atom. The van der Waals surface area contributed by atoms with Crippen molar-refractivity contribution in [3.63, 3.8) is 0 Å². The third kappa shape index (κ3) is 4.25. The van der Waals surface area contributed by atoms with Crippen LogP contribution in [0.25, 0.3) is 0 Å². The fourth-order valence-electron chi connectivity index (χ4n) is 1.79. The van der Waals surface area contributed by atoms with Gasteiger partial charge in [0.15, 0.2) is 0 Å². The largest absolute Gasteiger partial charge is 0.399 e. The zero-order chi connectivity index (χ0) is 14.5. The quantitative estimate of drug-likeness (QED) is 0.824. The van der Waals surface area contributed by atoms with Crippen molar-refractivity contribution in [2.75, 3.05) is 12.3 Å². The molecule has 1 amide bonds. The summed E-state index contributed by atoms with van der Waals surface area (Å²) in [5, 5.41) is 3.40. The van der Waals surface area contributed by atoms with E-state index in [9.17, 15) is 4.79 Å². The maximum Gasteiger partial charge on any atom is 0.251 e. The number of carbonyl (C=O) groups excluding carboxylic acids is 1. The maximum atomic E-state index is 12.0. The Morgan fingerprint density at radius 2 is 1.90 bits per heavy atom. The highest BCUT2D eigenvalue weighted by molar-refractivity contribution is 9.10. The highest BCUT2D eigenvalue weighted by Gasteiger charge is 2.07. The summed E-state index contributed by atoms with van der Waals surface area (Å²) in [5.41, 5.74) is 8.03. The molecule has 0 heterocycles. The average molecular weight is 354 g/mol. The third-order valence-corrected chi connectivity index (χ3v) is 3.48. The number of nitrogens with two attached hydrogens (primary N) is 1. The molecule has 20 heavy (non-hydrogen) atoms. The number of anilines is 1. The summed E-state index contributed by atoms with van der Waals surface area (Å²) in [6, 6.07) is 12.7. The van der Waals surface area contributed by atoms with Gasteiger partial charge in [-0.3, -0.25) is 4.79 Å². The molecule has 0 saturated heterocycles. The molecule has 0 aromatic heterocycles. The number of rotatable bonds is 4. The standard InChI is InChI=1S/C15H14BrClN2O/c16-12-7-11(8-13(17)9-12)15(20)19-6-5-10-1-3-14(18)4-2-10/h1-4,7-9H,5-6,18H2,(H,19,20). The van der Waals surface area contributed by atoms with E-state index in [1.807, 2.05) is 24.3 Å². The first-order chi connectivity index (χ1) is 9.54. The lowest BCUT2D eigenvalue weighted by Crippen LogP contribution is -2.25. The second-order valence-corrected chi connectivity index (χ2v) is 5.76. The lowest BCUT2D eigenvalue weighted by Gasteiger charge is -2.06. The lowest BCUT2D eigenvalue weighted by atomic mass is 10.1. The summed E-state index contributed by atoms with van der Waals surface area (Å²) in [6.07, 6.45) is 0.758. The van der Waals surface area contributed by atoms with Crippen molar-refractivity contribution in [3.05, 3.63) is 63.1 Å². The summed E-state index contributed by atoms with van der Waals surface area (Å²) >= 11 is 9.23. The predicted octanol–water partition coefficient (Wildman–Crippen LogP) is 3.66. The van der Waals surface area contributed by atoms with Gasteiger partial charge in [0.2, 0.25) is 0 Å². The van der Waals surface area contributed by atoms with Crippen molar-refractivity contribution in [2.24, 2.45) is 0 Å². The molecule has 2 aromatic rings. The van der Waals surface area contributed by atoms with E-state index in [0.29, 0.717) is 17.1 Å². The Hall–Kier alpha value is -1.52. The minimum absolute atomic E-state index is 0.136.